The molecule has 0 aromatic heterocycles. The Kier molecular flexibility index (Phi) is 1.08. The van der Waals surface area contributed by atoms with Gasteiger partial charge in [-0.2, -0.15) is 0 Å². The van der Waals surface area contributed by atoms with E-state index in [0.717, 1.165) is 16.8 Å². The van der Waals surface area contributed by atoms with Crippen LogP contribution in [0.25, 0.3) is 10.8 Å². The molecule has 2 N–H and O–H groups in total. The molecule has 0 amide bonds. The molecule has 0 bridgehead atoms. The van der Waals surface area contributed by atoms with Gasteiger partial charge in [-0.15, -0.1) is 0 Å². The molecule has 62 valence electrons. The second-order valence-electron chi connectivity index (χ2n) is 3.20. The van der Waals surface area contributed by atoms with E-state index in [1.807, 2.05) is 30.5 Å². The maximum atomic E-state index is 5.87. The third-order valence-corrected chi connectivity index (χ3v) is 2.43. The van der Waals surface area contributed by atoms with Crippen LogP contribution in [0.4, 0.5) is 11.4 Å². The van der Waals surface area contributed by atoms with Gasteiger partial charge in [0.25, 0.3) is 0 Å². The van der Waals surface area contributed by atoms with Gasteiger partial charge in [0.2, 0.25) is 0 Å². The quantitative estimate of drug-likeness (QED) is 0.514. The number of hydrogen-bond acceptors (Lipinski definition) is 2. The minimum Gasteiger partial charge on any atom is -0.398 e. The Hall–Kier alpha value is -1.83. The number of rotatable bonds is 0. The van der Waals surface area contributed by atoms with Crippen molar-refractivity contribution in [3.05, 3.63) is 35.9 Å². The number of nitrogen functional groups attached to an aromatic ring is 1. The Balaban J connectivity index is 2.63. The van der Waals surface area contributed by atoms with E-state index in [4.69, 9.17) is 5.73 Å². The van der Waals surface area contributed by atoms with Crippen LogP contribution in [0, 0.1) is 0 Å². The summed E-state index contributed by atoms with van der Waals surface area (Å²) in [5.41, 5.74) is 8.89. The minimum absolute atomic E-state index is 0.825. The van der Waals surface area contributed by atoms with Crippen molar-refractivity contribution in [2.45, 2.75) is 0 Å². The molecular formula is C11H8N2. The van der Waals surface area contributed by atoms with Crippen LogP contribution in [0.1, 0.15) is 5.56 Å². The lowest BCUT2D eigenvalue weighted by Gasteiger charge is -2.02. The van der Waals surface area contributed by atoms with Crippen LogP contribution >= 0.6 is 0 Å². The van der Waals surface area contributed by atoms with Gasteiger partial charge >= 0.3 is 0 Å². The van der Waals surface area contributed by atoms with Gasteiger partial charge in [-0.3, -0.25) is 4.99 Å². The molecule has 3 rings (SSSR count). The fourth-order valence-corrected chi connectivity index (χ4v) is 1.79. The van der Waals surface area contributed by atoms with Gasteiger partial charge in [0.05, 0.1) is 5.69 Å². The van der Waals surface area contributed by atoms with Crippen molar-refractivity contribution < 1.29 is 0 Å². The van der Waals surface area contributed by atoms with Gasteiger partial charge in [-0.1, -0.05) is 18.2 Å². The average Bonchev–Trinajstić information content (AvgIpc) is 2.57. The van der Waals surface area contributed by atoms with Crippen LogP contribution in [0.5, 0.6) is 0 Å². The molecule has 0 atom stereocenters. The van der Waals surface area contributed by atoms with Crippen molar-refractivity contribution in [1.82, 2.24) is 0 Å². The highest BCUT2D eigenvalue weighted by molar-refractivity contribution is 6.14. The maximum absolute atomic E-state index is 5.87. The van der Waals surface area contributed by atoms with Crippen molar-refractivity contribution in [2.24, 2.45) is 4.99 Å². The second-order valence-corrected chi connectivity index (χ2v) is 3.20. The lowest BCUT2D eigenvalue weighted by molar-refractivity contribution is 1.62. The number of nitrogens with zero attached hydrogens (tertiary/aromatic N) is 1. The van der Waals surface area contributed by atoms with Crippen molar-refractivity contribution in [1.29, 1.82) is 0 Å². The largest absolute Gasteiger partial charge is 0.398 e. The molecule has 0 saturated heterocycles. The minimum atomic E-state index is 0.825. The summed E-state index contributed by atoms with van der Waals surface area (Å²) < 4.78 is 0. The molecule has 0 spiro atoms. The fraction of sp³-hybridized carbons (Fsp3) is 0. The normalized spacial score (nSPS) is 12.6. The molecule has 13 heavy (non-hydrogen) atoms. The SMILES string of the molecule is Nc1ccc2c3c(cccc13)C=N2. The van der Waals surface area contributed by atoms with Crippen LogP contribution in [0.15, 0.2) is 35.3 Å². The summed E-state index contributed by atoms with van der Waals surface area (Å²) in [7, 11) is 0. The summed E-state index contributed by atoms with van der Waals surface area (Å²) >= 11 is 0. The highest BCUT2D eigenvalue weighted by Gasteiger charge is 2.10. The molecule has 0 saturated carbocycles. The van der Waals surface area contributed by atoms with E-state index in [1.165, 1.54) is 10.9 Å². The monoisotopic (exact) mass is 168 g/mol. The molecule has 2 nitrogen and oxygen atoms in total. The zero-order valence-corrected chi connectivity index (χ0v) is 6.99. The first kappa shape index (κ1) is 6.66. The number of aliphatic imine (C=N–C) groups is 1. The lowest BCUT2D eigenvalue weighted by atomic mass is 10.0. The predicted octanol–water partition coefficient (Wildman–Crippen LogP) is 2.49. The highest BCUT2D eigenvalue weighted by atomic mass is 14.7. The molecule has 0 fully saturated rings. The van der Waals surface area contributed by atoms with Crippen molar-refractivity contribution in [3.8, 4) is 0 Å². The summed E-state index contributed by atoms with van der Waals surface area (Å²) in [5.74, 6) is 0. The Morgan fingerprint density at radius 3 is 2.92 bits per heavy atom. The van der Waals surface area contributed by atoms with E-state index in [1.54, 1.807) is 0 Å². The second kappa shape index (κ2) is 2.10. The Morgan fingerprint density at radius 2 is 2.00 bits per heavy atom. The van der Waals surface area contributed by atoms with E-state index in [2.05, 4.69) is 11.1 Å². The standard InChI is InChI=1S/C11H8N2/c12-9-4-5-10-11-7(6-13-10)2-1-3-8(9)11/h1-6H,12H2. The Bertz CT molecular complexity index is 515. The van der Waals surface area contributed by atoms with Crippen molar-refractivity contribution in [3.63, 3.8) is 0 Å². The van der Waals surface area contributed by atoms with Crippen LogP contribution in [-0.2, 0) is 0 Å². The molecule has 0 aliphatic carbocycles. The third kappa shape index (κ3) is 0.746. The molecule has 1 aliphatic heterocycles. The summed E-state index contributed by atoms with van der Waals surface area (Å²) in [5, 5.41) is 2.29. The Morgan fingerprint density at radius 1 is 1.08 bits per heavy atom. The first-order valence-electron chi connectivity index (χ1n) is 4.21. The van der Waals surface area contributed by atoms with E-state index < -0.39 is 0 Å². The molecule has 2 aromatic carbocycles. The van der Waals surface area contributed by atoms with Gasteiger partial charge < -0.3 is 5.73 Å². The predicted molar refractivity (Wildman–Crippen MR) is 55.6 cm³/mol. The van der Waals surface area contributed by atoms with Gasteiger partial charge in [0.15, 0.2) is 0 Å². The summed E-state index contributed by atoms with van der Waals surface area (Å²) in [6.45, 7) is 0. The summed E-state index contributed by atoms with van der Waals surface area (Å²) in [6.07, 6.45) is 1.89. The number of nitrogens with two attached hydrogens (primary N) is 1. The lowest BCUT2D eigenvalue weighted by Crippen LogP contribution is -1.86. The third-order valence-electron chi connectivity index (χ3n) is 2.43. The number of hydrogen-bond donors (Lipinski definition) is 1. The number of benzene rings is 2. The zero-order valence-electron chi connectivity index (χ0n) is 6.99. The van der Waals surface area contributed by atoms with Gasteiger partial charge in [0, 0.05) is 28.2 Å². The zero-order chi connectivity index (χ0) is 8.84. The Labute approximate surface area is 75.7 Å². The van der Waals surface area contributed by atoms with E-state index in [0.29, 0.717) is 0 Å². The fourth-order valence-electron chi connectivity index (χ4n) is 1.79. The van der Waals surface area contributed by atoms with Crippen LogP contribution in [-0.4, -0.2) is 6.21 Å². The first-order chi connectivity index (χ1) is 6.36. The maximum Gasteiger partial charge on any atom is 0.0716 e. The molecule has 1 aliphatic rings. The number of anilines is 1. The molecule has 0 unspecified atom stereocenters. The van der Waals surface area contributed by atoms with Gasteiger partial charge in [0.1, 0.15) is 0 Å². The topological polar surface area (TPSA) is 38.4 Å². The molecule has 2 heteroatoms. The molecular weight excluding hydrogens is 160 g/mol. The summed E-state index contributed by atoms with van der Waals surface area (Å²) in [6, 6.07) is 9.97. The highest BCUT2D eigenvalue weighted by Crippen LogP contribution is 2.35. The van der Waals surface area contributed by atoms with Gasteiger partial charge in [-0.25, -0.2) is 0 Å². The van der Waals surface area contributed by atoms with Crippen LogP contribution < -0.4 is 5.73 Å². The van der Waals surface area contributed by atoms with E-state index in [-0.39, 0.29) is 0 Å². The summed E-state index contributed by atoms with van der Waals surface area (Å²) in [4.78, 5) is 4.30. The molecule has 1 heterocycles. The van der Waals surface area contributed by atoms with Crippen molar-refractivity contribution in [2.75, 3.05) is 5.73 Å². The average molecular weight is 168 g/mol. The van der Waals surface area contributed by atoms with Crippen LogP contribution in [0.2, 0.25) is 0 Å². The van der Waals surface area contributed by atoms with Crippen molar-refractivity contribution >= 4 is 28.4 Å². The first-order valence-corrected chi connectivity index (χ1v) is 4.21. The van der Waals surface area contributed by atoms with E-state index >= 15 is 0 Å². The molecule has 0 radical (unpaired) electrons. The smallest absolute Gasteiger partial charge is 0.0716 e. The van der Waals surface area contributed by atoms with Crippen LogP contribution in [0.3, 0.4) is 0 Å². The van der Waals surface area contributed by atoms with Gasteiger partial charge in [-0.05, 0) is 12.1 Å². The molecule has 2 aromatic rings. The van der Waals surface area contributed by atoms with E-state index in [9.17, 15) is 0 Å².